The molecule has 0 radical (unpaired) electrons. The number of hydrogen-bond acceptors (Lipinski definition) is 16. The molecule has 19 nitrogen and oxygen atoms in total. The van der Waals surface area contributed by atoms with Crippen LogP contribution in [0, 0.1) is 0 Å². The average Bonchev–Trinajstić information content (AvgIpc) is 3.74. The standard InChI is InChI=1S/C41H44N4O15/c1-19-34(49)23(44-39(54)24-8-5-11-45(24)28(48)16-43-40(55)58-18-20-6-4-10-42-15-20)12-29(59-19)60-26-14-41(56,27(47)17-46)13-22-31(26)38(53)33-32(36(22)51)35(50)21-7-3-9-25(57-2)30(21)37(33)52/h3-4,6-7,9-10,15,19,23-24,26,29,34,46,49,51,53,56H,5,8,11-14,16-18H2,1-2H3,(H,43,55)(H,44,54)/t19?,23?,24-,26-,29?,34?,41-/m0/s1. The van der Waals surface area contributed by atoms with Crippen LogP contribution in [-0.4, -0.2) is 134 Å². The van der Waals surface area contributed by atoms with Gasteiger partial charge in [0.15, 0.2) is 17.9 Å². The van der Waals surface area contributed by atoms with Gasteiger partial charge in [0, 0.05) is 60.5 Å². The number of ketones is 3. The van der Waals surface area contributed by atoms with Crippen molar-refractivity contribution in [1.29, 1.82) is 0 Å². The first-order chi connectivity index (χ1) is 28.7. The van der Waals surface area contributed by atoms with Crippen LogP contribution >= 0.6 is 0 Å². The zero-order chi connectivity index (χ0) is 43.0. The summed E-state index contributed by atoms with van der Waals surface area (Å²) in [6.45, 7) is 0.113. The van der Waals surface area contributed by atoms with Gasteiger partial charge in [-0.05, 0) is 31.9 Å². The van der Waals surface area contributed by atoms with Gasteiger partial charge in [-0.1, -0.05) is 18.2 Å². The molecule has 2 fully saturated rings. The van der Waals surface area contributed by atoms with Crippen molar-refractivity contribution in [3.63, 3.8) is 0 Å². The van der Waals surface area contributed by atoms with E-state index in [0.29, 0.717) is 18.4 Å². The molecule has 7 rings (SSSR count). The third kappa shape index (κ3) is 7.77. The van der Waals surface area contributed by atoms with Gasteiger partial charge < -0.3 is 60.0 Å². The third-order valence-electron chi connectivity index (χ3n) is 11.4. The van der Waals surface area contributed by atoms with Crippen LogP contribution in [0.2, 0.25) is 0 Å². The molecule has 19 heteroatoms. The monoisotopic (exact) mass is 832 g/mol. The zero-order valence-corrected chi connectivity index (χ0v) is 32.6. The Morgan fingerprint density at radius 2 is 1.82 bits per heavy atom. The Kier molecular flexibility index (Phi) is 11.9. The van der Waals surface area contributed by atoms with Crippen molar-refractivity contribution >= 4 is 35.3 Å². The lowest BCUT2D eigenvalue weighted by Crippen LogP contribution is -2.58. The van der Waals surface area contributed by atoms with Crippen LogP contribution in [0.25, 0.3) is 0 Å². The number of carbonyl (C=O) groups excluding carboxylic acids is 6. The highest BCUT2D eigenvalue weighted by atomic mass is 16.7. The lowest BCUT2D eigenvalue weighted by atomic mass is 9.72. The first-order valence-corrected chi connectivity index (χ1v) is 19.3. The van der Waals surface area contributed by atoms with Gasteiger partial charge in [0.05, 0.1) is 42.0 Å². The Morgan fingerprint density at radius 3 is 2.53 bits per heavy atom. The summed E-state index contributed by atoms with van der Waals surface area (Å²) in [6, 6.07) is 5.68. The van der Waals surface area contributed by atoms with Gasteiger partial charge in [0.2, 0.25) is 17.6 Å². The second-order valence-corrected chi connectivity index (χ2v) is 15.1. The lowest BCUT2D eigenvalue weighted by Gasteiger charge is -2.43. The molecular formula is C41H44N4O15. The summed E-state index contributed by atoms with van der Waals surface area (Å²) < 4.78 is 22.7. The smallest absolute Gasteiger partial charge is 0.407 e. The first-order valence-electron chi connectivity index (χ1n) is 19.3. The molecule has 2 aliphatic heterocycles. The summed E-state index contributed by atoms with van der Waals surface area (Å²) in [7, 11) is 1.29. The van der Waals surface area contributed by atoms with Crippen molar-refractivity contribution in [2.24, 2.45) is 0 Å². The number of nitrogens with zero attached hydrogens (tertiary/aromatic N) is 2. The fourth-order valence-corrected chi connectivity index (χ4v) is 8.41. The molecule has 2 aliphatic carbocycles. The number of benzene rings is 2. The van der Waals surface area contributed by atoms with Crippen LogP contribution in [0.1, 0.15) is 87.2 Å². The van der Waals surface area contributed by atoms with Crippen LogP contribution in [0.4, 0.5) is 4.79 Å². The molecule has 2 saturated heterocycles. The molecule has 4 aliphatic rings. The molecule has 2 aromatic carbocycles. The highest BCUT2D eigenvalue weighted by molar-refractivity contribution is 6.31. The lowest BCUT2D eigenvalue weighted by molar-refractivity contribution is -0.249. The first kappa shape index (κ1) is 42.1. The normalized spacial score (nSPS) is 25.7. The molecule has 0 spiro atoms. The number of fused-ring (bicyclic) bond motifs is 3. The number of pyridine rings is 1. The molecule has 3 heterocycles. The molecule has 318 valence electrons. The molecule has 3 aromatic rings. The van der Waals surface area contributed by atoms with Crippen molar-refractivity contribution < 1.29 is 73.2 Å². The zero-order valence-electron chi connectivity index (χ0n) is 32.6. The Hall–Kier alpha value is -5.99. The quantitative estimate of drug-likeness (QED) is 0.101. The maximum Gasteiger partial charge on any atom is 0.407 e. The van der Waals surface area contributed by atoms with E-state index in [1.807, 2.05) is 0 Å². The molecule has 7 atom stereocenters. The summed E-state index contributed by atoms with van der Waals surface area (Å²) >= 11 is 0. The van der Waals surface area contributed by atoms with E-state index < -0.39 is 126 Å². The second kappa shape index (κ2) is 16.9. The van der Waals surface area contributed by atoms with E-state index in [2.05, 4.69) is 15.6 Å². The Balaban J connectivity index is 1.09. The number of phenolic OH excluding ortho intramolecular Hbond substituents is 2. The van der Waals surface area contributed by atoms with Crippen LogP contribution in [-0.2, 0) is 41.6 Å². The summed E-state index contributed by atoms with van der Waals surface area (Å²) in [5, 5.41) is 61.1. The van der Waals surface area contributed by atoms with Crippen LogP contribution in [0.5, 0.6) is 17.2 Å². The highest BCUT2D eigenvalue weighted by Crippen LogP contribution is 2.52. The Labute approximate surface area is 342 Å². The number of aromatic hydroxyl groups is 2. The minimum atomic E-state index is -2.38. The molecule has 3 amide bonds. The van der Waals surface area contributed by atoms with Gasteiger partial charge in [-0.3, -0.25) is 29.0 Å². The number of ether oxygens (including phenoxy) is 4. The fraction of sp³-hybridized carbons (Fsp3) is 0.439. The number of hydrogen-bond donors (Lipinski definition) is 7. The number of rotatable bonds is 11. The number of amides is 3. The van der Waals surface area contributed by atoms with E-state index in [1.165, 1.54) is 43.3 Å². The minimum absolute atomic E-state index is 0.0409. The maximum absolute atomic E-state index is 14.0. The molecular weight excluding hydrogens is 788 g/mol. The summed E-state index contributed by atoms with van der Waals surface area (Å²) in [4.78, 5) is 85.1. The van der Waals surface area contributed by atoms with Crippen molar-refractivity contribution in [3.8, 4) is 17.2 Å². The predicted octanol–water partition coefficient (Wildman–Crippen LogP) is 0.471. The van der Waals surface area contributed by atoms with Crippen molar-refractivity contribution in [2.75, 3.05) is 26.8 Å². The SMILES string of the molecule is COc1cccc2c1C(=O)c1c(O)c3c(c(O)c1C2=O)C[C@@](O)(C(=O)CO)C[C@@H]3OC1CC(NC(=O)[C@@H]2CCCN2C(=O)CNC(=O)OCc2cccnc2)C(O)C(C)O1. The summed E-state index contributed by atoms with van der Waals surface area (Å²) in [5.74, 6) is -5.37. The number of alkyl carbamates (subject to hydrolysis) is 1. The number of aliphatic hydroxyl groups is 3. The Bertz CT molecular complexity index is 2230. The van der Waals surface area contributed by atoms with E-state index >= 15 is 0 Å². The summed E-state index contributed by atoms with van der Waals surface area (Å²) in [6.07, 6.45) is -3.61. The van der Waals surface area contributed by atoms with Gasteiger partial charge in [-0.2, -0.15) is 0 Å². The van der Waals surface area contributed by atoms with Crippen molar-refractivity contribution in [3.05, 3.63) is 81.7 Å². The van der Waals surface area contributed by atoms with E-state index in [1.54, 1.807) is 18.3 Å². The predicted molar refractivity (Wildman–Crippen MR) is 203 cm³/mol. The molecule has 7 N–H and O–H groups in total. The van der Waals surface area contributed by atoms with Crippen molar-refractivity contribution in [1.82, 2.24) is 20.5 Å². The average molecular weight is 833 g/mol. The maximum atomic E-state index is 14.0. The number of Topliss-reactive ketones (excluding diaryl/α,β-unsaturated/α-hetero) is 1. The van der Waals surface area contributed by atoms with Crippen LogP contribution in [0.15, 0.2) is 42.7 Å². The molecule has 60 heavy (non-hydrogen) atoms. The number of carbonyl (C=O) groups is 6. The molecule has 4 unspecified atom stereocenters. The van der Waals surface area contributed by atoms with Gasteiger partial charge in [0.25, 0.3) is 0 Å². The van der Waals surface area contributed by atoms with Gasteiger partial charge >= 0.3 is 6.09 Å². The third-order valence-corrected chi connectivity index (χ3v) is 11.4. The number of methoxy groups -OCH3 is 1. The number of likely N-dealkylation sites (tertiary alicyclic amines) is 1. The van der Waals surface area contributed by atoms with Crippen LogP contribution in [0.3, 0.4) is 0 Å². The van der Waals surface area contributed by atoms with E-state index in [4.69, 9.17) is 18.9 Å². The molecule has 0 bridgehead atoms. The number of phenols is 2. The molecule has 1 aromatic heterocycles. The minimum Gasteiger partial charge on any atom is -0.507 e. The Morgan fingerprint density at radius 1 is 1.05 bits per heavy atom. The summed E-state index contributed by atoms with van der Waals surface area (Å²) in [5.41, 5.74) is -3.61. The largest absolute Gasteiger partial charge is 0.507 e. The van der Waals surface area contributed by atoms with Crippen molar-refractivity contribution in [2.45, 2.75) is 87.9 Å². The van der Waals surface area contributed by atoms with E-state index in [9.17, 15) is 54.3 Å². The van der Waals surface area contributed by atoms with Gasteiger partial charge in [-0.25, -0.2) is 4.79 Å². The number of aromatic nitrogens is 1. The van der Waals surface area contributed by atoms with Gasteiger partial charge in [-0.15, -0.1) is 0 Å². The van der Waals surface area contributed by atoms with E-state index in [0.717, 1.165) is 0 Å². The number of aliphatic hydroxyl groups excluding tert-OH is 2. The number of nitrogens with one attached hydrogen (secondary N) is 2. The topological polar surface area (TPSA) is 281 Å². The fourth-order valence-electron chi connectivity index (χ4n) is 8.41. The van der Waals surface area contributed by atoms with E-state index in [-0.39, 0.29) is 47.6 Å². The van der Waals surface area contributed by atoms with Crippen LogP contribution < -0.4 is 15.4 Å². The second-order valence-electron chi connectivity index (χ2n) is 15.1. The molecule has 0 saturated carbocycles. The van der Waals surface area contributed by atoms with Gasteiger partial charge in [0.1, 0.15) is 54.8 Å². The highest BCUT2D eigenvalue weighted by Gasteiger charge is 2.50.